The van der Waals surface area contributed by atoms with Gasteiger partial charge in [-0.3, -0.25) is 4.79 Å². The van der Waals surface area contributed by atoms with E-state index in [-0.39, 0.29) is 18.6 Å². The summed E-state index contributed by atoms with van der Waals surface area (Å²) in [7, 11) is 0. The summed E-state index contributed by atoms with van der Waals surface area (Å²) in [6.07, 6.45) is 4.76. The van der Waals surface area contributed by atoms with E-state index < -0.39 is 0 Å². The lowest BCUT2D eigenvalue weighted by atomic mass is 10.1. The average molecular weight is 253 g/mol. The molecule has 1 aromatic rings. The molecule has 1 amide bonds. The van der Waals surface area contributed by atoms with Crippen LogP contribution in [0.5, 0.6) is 0 Å². The van der Waals surface area contributed by atoms with Gasteiger partial charge in [0.1, 0.15) is 0 Å². The molecule has 3 nitrogen and oxygen atoms in total. The summed E-state index contributed by atoms with van der Waals surface area (Å²) in [4.78, 5) is 15.2. The van der Waals surface area contributed by atoms with Gasteiger partial charge in [-0.15, -0.1) is 11.3 Å². The van der Waals surface area contributed by atoms with Crippen molar-refractivity contribution < 1.29 is 9.90 Å². The average Bonchev–Trinajstić information content (AvgIpc) is 2.71. The van der Waals surface area contributed by atoms with Crippen LogP contribution in [-0.4, -0.2) is 35.1 Å². The first-order valence-electron chi connectivity index (χ1n) is 6.24. The van der Waals surface area contributed by atoms with Crippen molar-refractivity contribution in [2.24, 2.45) is 0 Å². The van der Waals surface area contributed by atoms with E-state index in [1.54, 1.807) is 11.3 Å². The number of nitrogens with zero attached hydrogens (tertiary/aromatic N) is 1. The molecule has 0 spiro atoms. The molecule has 4 heteroatoms. The number of likely N-dealkylation sites (tertiary alicyclic amines) is 1. The third-order valence-corrected chi connectivity index (χ3v) is 4.19. The van der Waals surface area contributed by atoms with E-state index in [4.69, 9.17) is 0 Å². The van der Waals surface area contributed by atoms with Gasteiger partial charge in [-0.05, 0) is 24.3 Å². The Bertz CT molecular complexity index is 350. The summed E-state index contributed by atoms with van der Waals surface area (Å²) in [5.41, 5.74) is 0. The number of hydrogen-bond donors (Lipinski definition) is 1. The Hall–Kier alpha value is -0.870. The van der Waals surface area contributed by atoms with Crippen molar-refractivity contribution >= 4 is 17.2 Å². The Morgan fingerprint density at radius 2 is 2.35 bits per heavy atom. The second kappa shape index (κ2) is 6.17. The van der Waals surface area contributed by atoms with Gasteiger partial charge in [0.15, 0.2) is 0 Å². The molecule has 1 saturated heterocycles. The summed E-state index contributed by atoms with van der Waals surface area (Å²) < 4.78 is 0. The Kier molecular flexibility index (Phi) is 4.57. The van der Waals surface area contributed by atoms with Crippen LogP contribution in [0.3, 0.4) is 0 Å². The van der Waals surface area contributed by atoms with Crippen LogP contribution >= 0.6 is 11.3 Å². The third-order valence-electron chi connectivity index (χ3n) is 3.31. The van der Waals surface area contributed by atoms with Crippen molar-refractivity contribution in [3.05, 3.63) is 22.4 Å². The molecule has 1 atom stereocenters. The fourth-order valence-electron chi connectivity index (χ4n) is 2.36. The van der Waals surface area contributed by atoms with Gasteiger partial charge >= 0.3 is 0 Å². The molecule has 1 aliphatic rings. The van der Waals surface area contributed by atoms with E-state index in [1.165, 1.54) is 6.42 Å². The lowest BCUT2D eigenvalue weighted by molar-refractivity contribution is -0.133. The topological polar surface area (TPSA) is 40.5 Å². The molecule has 1 aromatic heterocycles. The number of carbonyl (C=O) groups excluding carboxylic acids is 1. The molecule has 2 heterocycles. The van der Waals surface area contributed by atoms with Gasteiger partial charge < -0.3 is 10.0 Å². The molecular formula is C13H19NO2S. The highest BCUT2D eigenvalue weighted by Gasteiger charge is 2.24. The van der Waals surface area contributed by atoms with Crippen LogP contribution in [0.1, 0.15) is 30.6 Å². The number of thiophene rings is 1. The number of hydrogen-bond acceptors (Lipinski definition) is 3. The van der Waals surface area contributed by atoms with Crippen molar-refractivity contribution in [2.45, 2.75) is 38.1 Å². The highest BCUT2D eigenvalue weighted by atomic mass is 32.1. The van der Waals surface area contributed by atoms with E-state index in [0.717, 1.165) is 30.7 Å². The molecule has 1 N–H and O–H groups in total. The van der Waals surface area contributed by atoms with Crippen molar-refractivity contribution in [3.8, 4) is 0 Å². The first-order valence-corrected chi connectivity index (χ1v) is 7.12. The summed E-state index contributed by atoms with van der Waals surface area (Å²) in [5, 5.41) is 11.4. The molecule has 2 rings (SSSR count). The minimum absolute atomic E-state index is 0.0324. The first-order chi connectivity index (χ1) is 8.31. The summed E-state index contributed by atoms with van der Waals surface area (Å²) >= 11 is 1.62. The largest absolute Gasteiger partial charge is 0.394 e. The van der Waals surface area contributed by atoms with Gasteiger partial charge in [-0.25, -0.2) is 0 Å². The lowest BCUT2D eigenvalue weighted by Crippen LogP contribution is -2.42. The maximum absolute atomic E-state index is 12.2. The van der Waals surface area contributed by atoms with Gasteiger partial charge in [-0.1, -0.05) is 18.9 Å². The fourth-order valence-corrected chi connectivity index (χ4v) is 3.06. The van der Waals surface area contributed by atoms with Crippen LogP contribution in [0, 0.1) is 0 Å². The van der Waals surface area contributed by atoms with Crippen molar-refractivity contribution in [2.75, 3.05) is 13.2 Å². The van der Waals surface area contributed by atoms with E-state index in [2.05, 4.69) is 0 Å². The number of aliphatic hydroxyl groups excluding tert-OH is 1. The van der Waals surface area contributed by atoms with E-state index >= 15 is 0 Å². The van der Waals surface area contributed by atoms with Crippen LogP contribution in [0.25, 0.3) is 0 Å². The van der Waals surface area contributed by atoms with Gasteiger partial charge in [0.2, 0.25) is 5.91 Å². The zero-order valence-electron chi connectivity index (χ0n) is 9.97. The molecule has 0 saturated carbocycles. The minimum Gasteiger partial charge on any atom is -0.394 e. The highest BCUT2D eigenvalue weighted by Crippen LogP contribution is 2.19. The van der Waals surface area contributed by atoms with Crippen LogP contribution in [0.2, 0.25) is 0 Å². The lowest BCUT2D eigenvalue weighted by Gasteiger charge is -2.28. The zero-order valence-corrected chi connectivity index (χ0v) is 10.8. The zero-order chi connectivity index (χ0) is 12.1. The third kappa shape index (κ3) is 3.30. The van der Waals surface area contributed by atoms with Crippen molar-refractivity contribution in [1.29, 1.82) is 0 Å². The molecule has 0 radical (unpaired) electrons. The highest BCUT2D eigenvalue weighted by molar-refractivity contribution is 7.10. The second-order valence-electron chi connectivity index (χ2n) is 4.53. The van der Waals surface area contributed by atoms with Gasteiger partial charge in [-0.2, -0.15) is 0 Å². The number of aliphatic hydroxyl groups is 1. The monoisotopic (exact) mass is 253 g/mol. The van der Waals surface area contributed by atoms with Gasteiger partial charge in [0.25, 0.3) is 0 Å². The molecule has 0 bridgehead atoms. The Balaban J connectivity index is 2.00. The predicted molar refractivity (Wildman–Crippen MR) is 69.1 cm³/mol. The molecule has 0 aliphatic carbocycles. The summed E-state index contributed by atoms with van der Waals surface area (Å²) in [6, 6.07) is 4.00. The summed E-state index contributed by atoms with van der Waals surface area (Å²) in [5.74, 6) is 0.161. The molecule has 17 heavy (non-hydrogen) atoms. The van der Waals surface area contributed by atoms with Crippen LogP contribution in [-0.2, 0) is 11.2 Å². The molecule has 94 valence electrons. The smallest absolute Gasteiger partial charge is 0.228 e. The summed E-state index contributed by atoms with van der Waals surface area (Å²) in [6.45, 7) is 0.894. The molecule has 1 unspecified atom stereocenters. The Morgan fingerprint density at radius 1 is 1.47 bits per heavy atom. The molecule has 0 aromatic carbocycles. The normalized spacial score (nSPS) is 21.2. The number of amides is 1. The standard InChI is InChI=1S/C13H19NO2S/c15-10-11-5-2-1-3-7-14(11)13(16)9-12-6-4-8-17-12/h4,6,8,11,15H,1-3,5,7,9-10H2. The van der Waals surface area contributed by atoms with Crippen LogP contribution in [0.4, 0.5) is 0 Å². The molecular weight excluding hydrogens is 234 g/mol. The van der Waals surface area contributed by atoms with Gasteiger partial charge in [0.05, 0.1) is 19.1 Å². The molecule has 1 aliphatic heterocycles. The SMILES string of the molecule is O=C(Cc1cccs1)N1CCCCCC1CO. The predicted octanol–water partition coefficient (Wildman–Crippen LogP) is 2.05. The van der Waals surface area contributed by atoms with Crippen molar-refractivity contribution in [1.82, 2.24) is 4.90 Å². The second-order valence-corrected chi connectivity index (χ2v) is 5.56. The maximum atomic E-state index is 12.2. The number of rotatable bonds is 3. The fraction of sp³-hybridized carbons (Fsp3) is 0.615. The van der Waals surface area contributed by atoms with E-state index in [1.807, 2.05) is 22.4 Å². The first kappa shape index (κ1) is 12.6. The quantitative estimate of drug-likeness (QED) is 0.895. The Morgan fingerprint density at radius 3 is 3.06 bits per heavy atom. The van der Waals surface area contributed by atoms with Crippen LogP contribution < -0.4 is 0 Å². The molecule has 1 fully saturated rings. The van der Waals surface area contributed by atoms with E-state index in [0.29, 0.717) is 6.42 Å². The maximum Gasteiger partial charge on any atom is 0.228 e. The van der Waals surface area contributed by atoms with E-state index in [9.17, 15) is 9.90 Å². The number of carbonyl (C=O) groups is 1. The van der Waals surface area contributed by atoms with Crippen LogP contribution in [0.15, 0.2) is 17.5 Å². The van der Waals surface area contributed by atoms with Crippen molar-refractivity contribution in [3.63, 3.8) is 0 Å². The Labute approximate surface area is 106 Å². The van der Waals surface area contributed by atoms with Gasteiger partial charge in [0, 0.05) is 11.4 Å². The minimum atomic E-state index is 0.0324.